The Hall–Kier alpha value is -1.11. The highest BCUT2D eigenvalue weighted by Crippen LogP contribution is 2.21. The van der Waals surface area contributed by atoms with Gasteiger partial charge in [0.15, 0.2) is 0 Å². The fourth-order valence-corrected chi connectivity index (χ4v) is 2.85. The SMILES string of the molecule is O=S(=O)(Cc1ccc(NO)cc1)NC1CC1. The molecule has 16 heavy (non-hydrogen) atoms. The maximum atomic E-state index is 11.6. The van der Waals surface area contributed by atoms with E-state index in [1.165, 1.54) is 0 Å². The van der Waals surface area contributed by atoms with Gasteiger partial charge in [-0.25, -0.2) is 13.1 Å². The van der Waals surface area contributed by atoms with E-state index < -0.39 is 10.0 Å². The zero-order valence-electron chi connectivity index (χ0n) is 8.68. The summed E-state index contributed by atoms with van der Waals surface area (Å²) in [6.45, 7) is 0. The van der Waals surface area contributed by atoms with Crippen molar-refractivity contribution in [1.29, 1.82) is 0 Å². The van der Waals surface area contributed by atoms with Gasteiger partial charge in [0.05, 0.1) is 11.4 Å². The standard InChI is InChI=1S/C10H14N2O3S/c13-11-9-3-1-8(2-4-9)7-16(14,15)12-10-5-6-10/h1-4,10-13H,5-7H2. The average Bonchev–Trinajstić information content (AvgIpc) is 3.01. The summed E-state index contributed by atoms with van der Waals surface area (Å²) in [5.41, 5.74) is 3.23. The van der Waals surface area contributed by atoms with Gasteiger partial charge in [-0.1, -0.05) is 12.1 Å². The summed E-state index contributed by atoms with van der Waals surface area (Å²) in [5.74, 6) is -0.0186. The highest BCUT2D eigenvalue weighted by atomic mass is 32.2. The molecule has 0 aliphatic heterocycles. The van der Waals surface area contributed by atoms with Gasteiger partial charge in [0.2, 0.25) is 10.0 Å². The van der Waals surface area contributed by atoms with Crippen LogP contribution in [0.4, 0.5) is 5.69 Å². The normalized spacial score (nSPS) is 16.1. The third-order valence-electron chi connectivity index (χ3n) is 2.36. The second-order valence-corrected chi connectivity index (χ2v) is 5.71. The number of hydrogen-bond donors (Lipinski definition) is 3. The molecule has 1 saturated carbocycles. The second-order valence-electron chi connectivity index (χ2n) is 3.96. The van der Waals surface area contributed by atoms with E-state index >= 15 is 0 Å². The summed E-state index contributed by atoms with van der Waals surface area (Å²) < 4.78 is 25.9. The minimum atomic E-state index is -3.22. The Kier molecular flexibility index (Phi) is 3.13. The maximum Gasteiger partial charge on any atom is 0.216 e. The van der Waals surface area contributed by atoms with E-state index in [1.54, 1.807) is 24.3 Å². The maximum absolute atomic E-state index is 11.6. The van der Waals surface area contributed by atoms with Crippen molar-refractivity contribution in [3.05, 3.63) is 29.8 Å². The van der Waals surface area contributed by atoms with Crippen LogP contribution in [0.3, 0.4) is 0 Å². The van der Waals surface area contributed by atoms with Crippen LogP contribution in [-0.4, -0.2) is 19.7 Å². The van der Waals surface area contributed by atoms with Gasteiger partial charge < -0.3 is 0 Å². The molecule has 0 bridgehead atoms. The summed E-state index contributed by atoms with van der Waals surface area (Å²) in [6, 6.07) is 6.74. The van der Waals surface area contributed by atoms with Crippen LogP contribution in [0.25, 0.3) is 0 Å². The first-order valence-electron chi connectivity index (χ1n) is 5.08. The first-order chi connectivity index (χ1) is 7.59. The van der Waals surface area contributed by atoms with E-state index in [0.29, 0.717) is 11.3 Å². The molecule has 3 N–H and O–H groups in total. The summed E-state index contributed by atoms with van der Waals surface area (Å²) in [4.78, 5) is 0. The van der Waals surface area contributed by atoms with Gasteiger partial charge in [-0.15, -0.1) is 0 Å². The predicted molar refractivity (Wildman–Crippen MR) is 60.6 cm³/mol. The molecule has 88 valence electrons. The van der Waals surface area contributed by atoms with Crippen molar-refractivity contribution in [2.24, 2.45) is 0 Å². The van der Waals surface area contributed by atoms with E-state index in [-0.39, 0.29) is 11.8 Å². The van der Waals surface area contributed by atoms with Crippen LogP contribution in [0, 0.1) is 0 Å². The van der Waals surface area contributed by atoms with Crippen LogP contribution in [0.1, 0.15) is 18.4 Å². The van der Waals surface area contributed by atoms with Crippen molar-refractivity contribution in [3.63, 3.8) is 0 Å². The van der Waals surface area contributed by atoms with Gasteiger partial charge in [-0.2, -0.15) is 0 Å². The molecule has 0 radical (unpaired) electrons. The molecule has 5 nitrogen and oxygen atoms in total. The Morgan fingerprint density at radius 3 is 2.38 bits per heavy atom. The lowest BCUT2D eigenvalue weighted by Gasteiger charge is -2.06. The lowest BCUT2D eigenvalue weighted by Crippen LogP contribution is -2.27. The van der Waals surface area contributed by atoms with Crippen molar-refractivity contribution in [1.82, 2.24) is 4.72 Å². The van der Waals surface area contributed by atoms with Gasteiger partial charge in [-0.3, -0.25) is 10.7 Å². The molecular formula is C10H14N2O3S. The van der Waals surface area contributed by atoms with Gasteiger partial charge in [0.1, 0.15) is 0 Å². The molecule has 0 spiro atoms. The van der Waals surface area contributed by atoms with Crippen molar-refractivity contribution in [2.45, 2.75) is 24.6 Å². The second kappa shape index (κ2) is 4.40. The molecule has 6 heteroatoms. The Labute approximate surface area is 94.5 Å². The van der Waals surface area contributed by atoms with E-state index in [2.05, 4.69) is 4.72 Å². The van der Waals surface area contributed by atoms with Crippen LogP contribution < -0.4 is 10.2 Å². The minimum Gasteiger partial charge on any atom is -0.291 e. The molecule has 1 aliphatic carbocycles. The Morgan fingerprint density at radius 2 is 1.88 bits per heavy atom. The van der Waals surface area contributed by atoms with Crippen molar-refractivity contribution < 1.29 is 13.6 Å². The molecule has 0 amide bonds. The fraction of sp³-hybridized carbons (Fsp3) is 0.400. The predicted octanol–water partition coefficient (Wildman–Crippen LogP) is 1.07. The van der Waals surface area contributed by atoms with Gasteiger partial charge in [-0.05, 0) is 30.5 Å². The number of sulfonamides is 1. The average molecular weight is 242 g/mol. The van der Waals surface area contributed by atoms with E-state index in [1.807, 2.05) is 5.48 Å². The lowest BCUT2D eigenvalue weighted by molar-refractivity contribution is 0.389. The monoisotopic (exact) mass is 242 g/mol. The summed E-state index contributed by atoms with van der Waals surface area (Å²) in [7, 11) is -3.22. The van der Waals surface area contributed by atoms with E-state index in [9.17, 15) is 8.42 Å². The molecule has 1 aromatic carbocycles. The van der Waals surface area contributed by atoms with Gasteiger partial charge in [0, 0.05) is 6.04 Å². The Balaban J connectivity index is 2.01. The first kappa shape index (κ1) is 11.4. The van der Waals surface area contributed by atoms with Crippen molar-refractivity contribution in [2.75, 3.05) is 5.48 Å². The smallest absolute Gasteiger partial charge is 0.216 e. The Morgan fingerprint density at radius 1 is 1.25 bits per heavy atom. The molecule has 1 aliphatic rings. The minimum absolute atomic E-state index is 0.0186. The Bertz CT molecular complexity index is 451. The number of rotatable bonds is 5. The summed E-state index contributed by atoms with van der Waals surface area (Å²) >= 11 is 0. The summed E-state index contributed by atoms with van der Waals surface area (Å²) in [5, 5.41) is 8.61. The third kappa shape index (κ3) is 3.19. The molecule has 0 aromatic heterocycles. The molecule has 2 rings (SSSR count). The fourth-order valence-electron chi connectivity index (χ4n) is 1.39. The van der Waals surface area contributed by atoms with Crippen LogP contribution in [-0.2, 0) is 15.8 Å². The van der Waals surface area contributed by atoms with Crippen LogP contribution in [0.15, 0.2) is 24.3 Å². The first-order valence-corrected chi connectivity index (χ1v) is 6.73. The van der Waals surface area contributed by atoms with Crippen LogP contribution in [0.2, 0.25) is 0 Å². The third-order valence-corrected chi connectivity index (χ3v) is 3.77. The number of nitrogens with one attached hydrogen (secondary N) is 2. The molecule has 0 heterocycles. The summed E-state index contributed by atoms with van der Waals surface area (Å²) in [6.07, 6.45) is 1.87. The van der Waals surface area contributed by atoms with E-state index in [4.69, 9.17) is 5.21 Å². The highest BCUT2D eigenvalue weighted by molar-refractivity contribution is 7.88. The quantitative estimate of drug-likeness (QED) is 0.675. The molecule has 1 fully saturated rings. The van der Waals surface area contributed by atoms with Crippen LogP contribution >= 0.6 is 0 Å². The van der Waals surface area contributed by atoms with Gasteiger partial charge >= 0.3 is 0 Å². The largest absolute Gasteiger partial charge is 0.291 e. The van der Waals surface area contributed by atoms with E-state index in [0.717, 1.165) is 12.8 Å². The van der Waals surface area contributed by atoms with Gasteiger partial charge in [0.25, 0.3) is 0 Å². The molecule has 1 aromatic rings. The molecule has 0 atom stereocenters. The molecule has 0 saturated heterocycles. The number of benzene rings is 1. The zero-order chi connectivity index (χ0) is 11.6. The highest BCUT2D eigenvalue weighted by Gasteiger charge is 2.26. The molecule has 0 unspecified atom stereocenters. The van der Waals surface area contributed by atoms with Crippen molar-refractivity contribution >= 4 is 15.7 Å². The number of hydrogen-bond acceptors (Lipinski definition) is 4. The zero-order valence-corrected chi connectivity index (χ0v) is 9.50. The van der Waals surface area contributed by atoms with Crippen molar-refractivity contribution in [3.8, 4) is 0 Å². The topological polar surface area (TPSA) is 78.4 Å². The lowest BCUT2D eigenvalue weighted by atomic mass is 10.2. The van der Waals surface area contributed by atoms with Crippen LogP contribution in [0.5, 0.6) is 0 Å². The number of anilines is 1. The molecular weight excluding hydrogens is 228 g/mol.